The van der Waals surface area contributed by atoms with Gasteiger partial charge in [0.15, 0.2) is 0 Å². The third kappa shape index (κ3) is 6.95. The second kappa shape index (κ2) is 10.1. The van der Waals surface area contributed by atoms with Gasteiger partial charge in [0.05, 0.1) is 12.8 Å². The molecule has 156 valence electrons. The maximum atomic E-state index is 12.9. The number of rotatable bonds is 9. The monoisotopic (exact) mass is 418 g/mol. The van der Waals surface area contributed by atoms with Gasteiger partial charge in [-0.3, -0.25) is 14.6 Å². The minimum atomic E-state index is -3.52. The molecular weight excluding hydrogens is 392 g/mol. The Labute approximate surface area is 171 Å². The maximum absolute atomic E-state index is 12.9. The van der Waals surface area contributed by atoms with Crippen molar-refractivity contribution in [1.82, 2.24) is 19.5 Å². The van der Waals surface area contributed by atoms with Crippen LogP contribution in [-0.2, 0) is 32.7 Å². The number of aromatic nitrogens is 1. The van der Waals surface area contributed by atoms with Gasteiger partial charge in [0.25, 0.3) is 0 Å². The fourth-order valence-corrected chi connectivity index (χ4v) is 2.95. The molecule has 0 fully saturated rings. The zero-order chi connectivity index (χ0) is 21.4. The fourth-order valence-electron chi connectivity index (χ4n) is 2.60. The Balaban J connectivity index is 2.13. The van der Waals surface area contributed by atoms with E-state index in [9.17, 15) is 18.0 Å². The van der Waals surface area contributed by atoms with Crippen LogP contribution in [0.2, 0.25) is 0 Å². The second-order valence-corrected chi connectivity index (χ2v) is 8.87. The van der Waals surface area contributed by atoms with E-state index in [1.54, 1.807) is 25.4 Å². The third-order valence-corrected chi connectivity index (χ3v) is 5.74. The van der Waals surface area contributed by atoms with E-state index in [4.69, 9.17) is 0 Å². The number of carbonyl (C=O) groups excluding carboxylic acids is 2. The molecule has 1 N–H and O–H groups in total. The summed E-state index contributed by atoms with van der Waals surface area (Å²) in [6.07, 6.45) is 4.33. The number of likely N-dealkylation sites (N-methyl/N-ethyl adjacent to an activating group) is 1. The smallest absolute Gasteiger partial charge is 0.242 e. The molecule has 1 aromatic heterocycles. The summed E-state index contributed by atoms with van der Waals surface area (Å²) < 4.78 is 24.3. The number of hydrogen-bond donors (Lipinski definition) is 1. The van der Waals surface area contributed by atoms with Crippen molar-refractivity contribution in [1.29, 1.82) is 0 Å². The van der Waals surface area contributed by atoms with Crippen LogP contribution in [0.3, 0.4) is 0 Å². The lowest BCUT2D eigenvalue weighted by Crippen LogP contribution is -2.50. The number of sulfonamides is 1. The first-order valence-corrected chi connectivity index (χ1v) is 10.9. The molecule has 0 saturated heterocycles. The molecule has 0 aliphatic heterocycles. The number of amides is 2. The molecule has 1 heterocycles. The molecule has 2 amide bonds. The summed E-state index contributed by atoms with van der Waals surface area (Å²) in [5.74, 6) is -0.786. The van der Waals surface area contributed by atoms with Crippen LogP contribution in [-0.4, -0.2) is 60.3 Å². The first-order chi connectivity index (χ1) is 13.7. The summed E-state index contributed by atoms with van der Waals surface area (Å²) in [6, 6.07) is 12.1. The van der Waals surface area contributed by atoms with Gasteiger partial charge in [-0.25, -0.2) is 8.42 Å². The van der Waals surface area contributed by atoms with Crippen LogP contribution >= 0.6 is 0 Å². The quantitative estimate of drug-likeness (QED) is 0.655. The van der Waals surface area contributed by atoms with Gasteiger partial charge in [-0.1, -0.05) is 36.4 Å². The topological polar surface area (TPSA) is 99.7 Å². The van der Waals surface area contributed by atoms with Gasteiger partial charge in [0.2, 0.25) is 21.8 Å². The summed E-state index contributed by atoms with van der Waals surface area (Å²) in [5.41, 5.74) is 1.68. The first kappa shape index (κ1) is 22.5. The van der Waals surface area contributed by atoms with Crippen molar-refractivity contribution in [2.75, 3.05) is 19.8 Å². The van der Waals surface area contributed by atoms with Gasteiger partial charge in [0, 0.05) is 32.5 Å². The van der Waals surface area contributed by atoms with Gasteiger partial charge < -0.3 is 10.2 Å². The lowest BCUT2D eigenvalue weighted by molar-refractivity contribution is -0.140. The lowest BCUT2D eigenvalue weighted by Gasteiger charge is -2.30. The number of nitrogens with one attached hydrogen (secondary N) is 1. The van der Waals surface area contributed by atoms with E-state index < -0.39 is 22.0 Å². The number of carbonyl (C=O) groups is 2. The summed E-state index contributed by atoms with van der Waals surface area (Å²) in [7, 11) is -2.18. The van der Waals surface area contributed by atoms with Crippen LogP contribution in [0.15, 0.2) is 54.9 Å². The van der Waals surface area contributed by atoms with Crippen molar-refractivity contribution in [3.8, 4) is 0 Å². The molecule has 0 aliphatic carbocycles. The highest BCUT2D eigenvalue weighted by Gasteiger charge is 2.28. The molecule has 0 aliphatic rings. The Bertz CT molecular complexity index is 920. The van der Waals surface area contributed by atoms with Gasteiger partial charge in [-0.05, 0) is 24.1 Å². The normalized spacial score (nSPS) is 12.4. The number of hydrogen-bond acceptors (Lipinski definition) is 5. The first-order valence-electron chi connectivity index (χ1n) is 9.10. The minimum absolute atomic E-state index is 0.193. The van der Waals surface area contributed by atoms with E-state index in [-0.39, 0.29) is 25.5 Å². The lowest BCUT2D eigenvalue weighted by atomic mass is 10.1. The molecule has 0 unspecified atom stereocenters. The molecule has 9 heteroatoms. The molecule has 1 atom stereocenters. The molecule has 29 heavy (non-hydrogen) atoms. The average Bonchev–Trinajstić information content (AvgIpc) is 2.70. The number of benzene rings is 1. The standard InChI is InChI=1S/C20H26N4O4S/c1-16(20(26)22-13-18-10-7-11-21-12-18)24(14-17-8-5-4-6-9-17)19(25)15-23(2)29(3,27)28/h4-12,16H,13-15H2,1-3H3,(H,22,26)/t16-/m1/s1. The van der Waals surface area contributed by atoms with E-state index in [0.29, 0.717) is 0 Å². The molecule has 0 saturated carbocycles. The Morgan fingerprint density at radius 1 is 1.10 bits per heavy atom. The average molecular weight is 419 g/mol. The van der Waals surface area contributed by atoms with E-state index in [1.807, 2.05) is 36.4 Å². The Morgan fingerprint density at radius 3 is 2.34 bits per heavy atom. The number of nitrogens with zero attached hydrogens (tertiary/aromatic N) is 3. The van der Waals surface area contributed by atoms with Crippen molar-refractivity contribution in [3.63, 3.8) is 0 Å². The van der Waals surface area contributed by atoms with Crippen LogP contribution < -0.4 is 5.32 Å². The molecule has 0 radical (unpaired) electrons. The predicted octanol–water partition coefficient (Wildman–Crippen LogP) is 1.01. The molecule has 0 spiro atoms. The molecular formula is C20H26N4O4S. The summed E-state index contributed by atoms with van der Waals surface area (Å²) >= 11 is 0. The van der Waals surface area contributed by atoms with Crippen molar-refractivity contribution >= 4 is 21.8 Å². The van der Waals surface area contributed by atoms with Crippen LogP contribution in [0.1, 0.15) is 18.1 Å². The van der Waals surface area contributed by atoms with Crippen LogP contribution in [0, 0.1) is 0 Å². The Kier molecular flexibility index (Phi) is 7.86. The van der Waals surface area contributed by atoms with E-state index in [2.05, 4.69) is 10.3 Å². The SMILES string of the molecule is C[C@H](C(=O)NCc1cccnc1)N(Cc1ccccc1)C(=O)CN(C)S(C)(=O)=O. The fraction of sp³-hybridized carbons (Fsp3) is 0.350. The highest BCUT2D eigenvalue weighted by atomic mass is 32.2. The number of pyridine rings is 1. The summed E-state index contributed by atoms with van der Waals surface area (Å²) in [6.45, 7) is 1.76. The zero-order valence-electron chi connectivity index (χ0n) is 16.8. The maximum Gasteiger partial charge on any atom is 0.242 e. The van der Waals surface area contributed by atoms with E-state index in [0.717, 1.165) is 21.7 Å². The van der Waals surface area contributed by atoms with Crippen LogP contribution in [0.25, 0.3) is 0 Å². The molecule has 1 aromatic carbocycles. The third-order valence-electron chi connectivity index (χ3n) is 4.48. The molecule has 8 nitrogen and oxygen atoms in total. The minimum Gasteiger partial charge on any atom is -0.350 e. The van der Waals surface area contributed by atoms with Crippen molar-refractivity contribution in [2.24, 2.45) is 0 Å². The van der Waals surface area contributed by atoms with Crippen LogP contribution in [0.5, 0.6) is 0 Å². The van der Waals surface area contributed by atoms with Crippen molar-refractivity contribution in [2.45, 2.75) is 26.1 Å². The molecule has 0 bridgehead atoms. The van der Waals surface area contributed by atoms with Crippen molar-refractivity contribution < 1.29 is 18.0 Å². The Hall–Kier alpha value is -2.78. The summed E-state index contributed by atoms with van der Waals surface area (Å²) in [5, 5.41) is 2.80. The summed E-state index contributed by atoms with van der Waals surface area (Å²) in [4.78, 5) is 30.9. The van der Waals surface area contributed by atoms with Gasteiger partial charge in [0.1, 0.15) is 6.04 Å². The van der Waals surface area contributed by atoms with Crippen LogP contribution in [0.4, 0.5) is 0 Å². The van der Waals surface area contributed by atoms with Gasteiger partial charge in [-0.15, -0.1) is 0 Å². The van der Waals surface area contributed by atoms with E-state index >= 15 is 0 Å². The second-order valence-electron chi connectivity index (χ2n) is 6.78. The van der Waals surface area contributed by atoms with Gasteiger partial charge in [-0.2, -0.15) is 4.31 Å². The van der Waals surface area contributed by atoms with Crippen molar-refractivity contribution in [3.05, 3.63) is 66.0 Å². The molecule has 2 rings (SSSR count). The Morgan fingerprint density at radius 2 is 1.76 bits per heavy atom. The largest absolute Gasteiger partial charge is 0.350 e. The molecule has 2 aromatic rings. The van der Waals surface area contributed by atoms with Gasteiger partial charge >= 0.3 is 0 Å². The van der Waals surface area contributed by atoms with E-state index in [1.165, 1.54) is 11.9 Å². The highest BCUT2D eigenvalue weighted by Crippen LogP contribution is 2.11. The highest BCUT2D eigenvalue weighted by molar-refractivity contribution is 7.88. The predicted molar refractivity (Wildman–Crippen MR) is 110 cm³/mol. The zero-order valence-corrected chi connectivity index (χ0v) is 17.6.